The van der Waals surface area contributed by atoms with Gasteiger partial charge in [-0.25, -0.2) is 9.37 Å². The maximum atomic E-state index is 15.7. The van der Waals surface area contributed by atoms with Crippen molar-refractivity contribution in [1.82, 2.24) is 25.1 Å². The molecule has 2 N–H and O–H groups in total. The molecule has 6 rings (SSSR count). The Morgan fingerprint density at radius 3 is 2.45 bits per heavy atom. The number of benzene rings is 3. The minimum atomic E-state index is -4.94. The number of alkyl halides is 6. The number of aromatic nitrogens is 4. The highest BCUT2D eigenvalue weighted by molar-refractivity contribution is 5.92. The average molecular weight is 620 g/mol. The smallest absolute Gasteiger partial charge is 0.420 e. The molecule has 0 spiro atoms. The summed E-state index contributed by atoms with van der Waals surface area (Å²) in [7, 11) is 1.62. The lowest BCUT2D eigenvalue weighted by molar-refractivity contribution is -0.264. The van der Waals surface area contributed by atoms with E-state index >= 15 is 4.39 Å². The fourth-order valence-electron chi connectivity index (χ4n) is 5.74. The fourth-order valence-corrected chi connectivity index (χ4v) is 5.74. The van der Waals surface area contributed by atoms with Crippen LogP contribution in [0.1, 0.15) is 30.4 Å². The average Bonchev–Trinajstić information content (AvgIpc) is 3.69. The molecule has 1 aliphatic rings. The van der Waals surface area contributed by atoms with E-state index in [1.54, 1.807) is 37.4 Å². The van der Waals surface area contributed by atoms with E-state index in [1.165, 1.54) is 23.0 Å². The molecule has 5 aromatic rings. The lowest BCUT2D eigenvalue weighted by atomic mass is 9.94. The van der Waals surface area contributed by atoms with Crippen molar-refractivity contribution in [2.24, 2.45) is 7.05 Å². The minimum Gasteiger partial charge on any atom is -0.435 e. The molecule has 2 aromatic heterocycles. The topological polar surface area (TPSA) is 89.0 Å². The number of nitrogens with zero attached hydrogens (tertiary/aromatic N) is 4. The van der Waals surface area contributed by atoms with Gasteiger partial charge in [-0.1, -0.05) is 36.4 Å². The van der Waals surface area contributed by atoms with Crippen molar-refractivity contribution in [1.29, 1.82) is 0 Å². The number of aliphatic hydroxyl groups is 1. The van der Waals surface area contributed by atoms with Crippen LogP contribution in [0.4, 0.5) is 30.7 Å². The molecule has 14 heteroatoms. The first-order chi connectivity index (χ1) is 20.8. The van der Waals surface area contributed by atoms with Crippen molar-refractivity contribution in [2.45, 2.75) is 49.8 Å². The van der Waals surface area contributed by atoms with Crippen LogP contribution in [0.5, 0.6) is 0 Å². The molecule has 3 aromatic carbocycles. The predicted molar refractivity (Wildman–Crippen MR) is 145 cm³/mol. The maximum absolute atomic E-state index is 15.7. The zero-order chi connectivity index (χ0) is 31.4. The zero-order valence-electron chi connectivity index (χ0n) is 23.0. The van der Waals surface area contributed by atoms with Crippen LogP contribution in [0.3, 0.4) is 0 Å². The Balaban J connectivity index is 1.48. The van der Waals surface area contributed by atoms with Gasteiger partial charge in [0.2, 0.25) is 5.89 Å². The molecule has 2 unspecified atom stereocenters. The van der Waals surface area contributed by atoms with Crippen LogP contribution >= 0.6 is 0 Å². The standard InChI is InChI=1S/C30H24F7N5O2/c1-42-15-39-41-26(42)23-18(17-6-3-2-4-7-17)9-10-20(31)24(23)27-40-21-13-16(12-19(25(21)44-27)29(32,33)34)14-38-22-8-5-11-28(22,43)30(35,36)37/h2-4,6-7,9-10,12-13,15,22,38,43H,5,8,11,14H2,1H3. The largest absolute Gasteiger partial charge is 0.435 e. The van der Waals surface area contributed by atoms with Gasteiger partial charge in [0.1, 0.15) is 23.2 Å². The summed E-state index contributed by atoms with van der Waals surface area (Å²) in [5.41, 5.74) is -4.12. The molecule has 0 bridgehead atoms. The van der Waals surface area contributed by atoms with E-state index in [4.69, 9.17) is 4.42 Å². The number of fused-ring (bicyclic) bond motifs is 1. The molecule has 44 heavy (non-hydrogen) atoms. The number of hydrogen-bond donors (Lipinski definition) is 2. The monoisotopic (exact) mass is 619 g/mol. The Morgan fingerprint density at radius 1 is 1.05 bits per heavy atom. The lowest BCUT2D eigenvalue weighted by Crippen LogP contribution is -2.56. The molecule has 2 heterocycles. The van der Waals surface area contributed by atoms with Crippen molar-refractivity contribution in [3.63, 3.8) is 0 Å². The summed E-state index contributed by atoms with van der Waals surface area (Å²) < 4.78 is 106. The summed E-state index contributed by atoms with van der Waals surface area (Å²) in [5.74, 6) is -1.08. The number of rotatable bonds is 6. The van der Waals surface area contributed by atoms with Crippen LogP contribution in [0, 0.1) is 5.82 Å². The van der Waals surface area contributed by atoms with Crippen LogP contribution in [0.15, 0.2) is 65.3 Å². The molecule has 1 saturated carbocycles. The van der Waals surface area contributed by atoms with Gasteiger partial charge in [-0.3, -0.25) is 0 Å². The van der Waals surface area contributed by atoms with Gasteiger partial charge >= 0.3 is 12.4 Å². The van der Waals surface area contributed by atoms with E-state index in [0.29, 0.717) is 11.1 Å². The van der Waals surface area contributed by atoms with Crippen molar-refractivity contribution in [3.8, 4) is 34.0 Å². The highest BCUT2D eigenvalue weighted by Crippen LogP contribution is 2.45. The van der Waals surface area contributed by atoms with Crippen molar-refractivity contribution >= 4 is 11.1 Å². The Morgan fingerprint density at radius 2 is 1.80 bits per heavy atom. The normalized spacial score (nSPS) is 19.2. The molecule has 7 nitrogen and oxygen atoms in total. The summed E-state index contributed by atoms with van der Waals surface area (Å²) >= 11 is 0. The SMILES string of the molecule is Cn1cnnc1-c1c(-c2ccccc2)ccc(F)c1-c1nc2cc(CNC3CCCC3(O)C(F)(F)F)cc(C(F)(F)F)c2o1. The lowest BCUT2D eigenvalue weighted by Gasteiger charge is -2.32. The molecule has 1 fully saturated rings. The highest BCUT2D eigenvalue weighted by Gasteiger charge is 2.60. The van der Waals surface area contributed by atoms with Gasteiger partial charge < -0.3 is 19.4 Å². The van der Waals surface area contributed by atoms with Gasteiger partial charge in [-0.2, -0.15) is 26.3 Å². The molecule has 0 saturated heterocycles. The number of oxazole rings is 1. The first-order valence-corrected chi connectivity index (χ1v) is 13.5. The molecule has 0 radical (unpaired) electrons. The van der Waals surface area contributed by atoms with E-state index in [0.717, 1.165) is 12.1 Å². The first kappa shape index (κ1) is 29.8. The van der Waals surface area contributed by atoms with Crippen molar-refractivity contribution < 1.29 is 40.3 Å². The van der Waals surface area contributed by atoms with Gasteiger partial charge in [0, 0.05) is 25.2 Å². The van der Waals surface area contributed by atoms with Crippen molar-refractivity contribution in [2.75, 3.05) is 0 Å². The van der Waals surface area contributed by atoms with Gasteiger partial charge in [-0.05, 0) is 54.2 Å². The third-order valence-electron chi connectivity index (χ3n) is 7.91. The van der Waals surface area contributed by atoms with E-state index in [1.807, 2.05) is 0 Å². The Labute approximate surface area is 245 Å². The second-order valence-corrected chi connectivity index (χ2v) is 10.7. The molecule has 1 aliphatic carbocycles. The molecular weight excluding hydrogens is 595 g/mol. The van der Waals surface area contributed by atoms with Crippen LogP contribution < -0.4 is 5.32 Å². The van der Waals surface area contributed by atoms with Crippen LogP contribution in [0.25, 0.3) is 45.1 Å². The number of hydrogen-bond acceptors (Lipinski definition) is 6. The van der Waals surface area contributed by atoms with E-state index in [9.17, 15) is 31.4 Å². The maximum Gasteiger partial charge on any atom is 0.420 e. The van der Waals surface area contributed by atoms with Gasteiger partial charge in [0.15, 0.2) is 17.0 Å². The van der Waals surface area contributed by atoms with Crippen molar-refractivity contribution in [3.05, 3.63) is 77.9 Å². The van der Waals surface area contributed by atoms with Crippen LogP contribution in [-0.2, 0) is 19.8 Å². The first-order valence-electron chi connectivity index (χ1n) is 13.5. The third-order valence-corrected chi connectivity index (χ3v) is 7.91. The third kappa shape index (κ3) is 5.11. The Hall–Kier alpha value is -4.30. The molecule has 230 valence electrons. The molecular formula is C30H24F7N5O2. The second kappa shape index (κ2) is 10.7. The van der Waals surface area contributed by atoms with Crippen LogP contribution in [0.2, 0.25) is 0 Å². The Bertz CT molecular complexity index is 1830. The number of aryl methyl sites for hydroxylation is 1. The van der Waals surface area contributed by atoms with Gasteiger partial charge in [0.05, 0.1) is 5.56 Å². The van der Waals surface area contributed by atoms with E-state index in [2.05, 4.69) is 20.5 Å². The van der Waals surface area contributed by atoms with Crippen LogP contribution in [-0.4, -0.2) is 42.7 Å². The summed E-state index contributed by atoms with van der Waals surface area (Å²) in [4.78, 5) is 4.24. The van der Waals surface area contributed by atoms with Gasteiger partial charge in [0.25, 0.3) is 0 Å². The summed E-state index contributed by atoms with van der Waals surface area (Å²) in [6, 6.07) is 12.1. The zero-order valence-corrected chi connectivity index (χ0v) is 23.0. The summed E-state index contributed by atoms with van der Waals surface area (Å²) in [6.07, 6.45) is -8.91. The number of nitrogens with one attached hydrogen (secondary N) is 1. The molecule has 2 atom stereocenters. The minimum absolute atomic E-state index is 0.0135. The fraction of sp³-hybridized carbons (Fsp3) is 0.300. The summed E-state index contributed by atoms with van der Waals surface area (Å²) in [5, 5.41) is 20.8. The number of halogens is 7. The summed E-state index contributed by atoms with van der Waals surface area (Å²) in [6.45, 7) is -0.424. The quantitative estimate of drug-likeness (QED) is 0.198. The molecule has 0 aliphatic heterocycles. The second-order valence-electron chi connectivity index (χ2n) is 10.7. The predicted octanol–water partition coefficient (Wildman–Crippen LogP) is 7.05. The van der Waals surface area contributed by atoms with Gasteiger partial charge in [-0.15, -0.1) is 10.2 Å². The Kier molecular flexibility index (Phi) is 7.24. The van der Waals surface area contributed by atoms with E-state index < -0.39 is 59.8 Å². The highest BCUT2D eigenvalue weighted by atomic mass is 19.4. The molecule has 0 amide bonds. The van der Waals surface area contributed by atoms with E-state index in [-0.39, 0.29) is 40.9 Å².